The van der Waals surface area contributed by atoms with Crippen LogP contribution in [0.1, 0.15) is 26.5 Å². The van der Waals surface area contributed by atoms with Gasteiger partial charge in [-0.15, -0.1) is 0 Å². The topological polar surface area (TPSA) is 53.4 Å². The molecule has 1 N–H and O–H groups in total. The second kappa shape index (κ2) is 4.29. The maximum atomic E-state index is 11.0. The molecule has 0 aromatic carbocycles. The second-order valence-electron chi connectivity index (χ2n) is 4.36. The summed E-state index contributed by atoms with van der Waals surface area (Å²) in [6.07, 6.45) is 0.742. The predicted molar refractivity (Wildman–Crippen MR) is 57.6 cm³/mol. The van der Waals surface area contributed by atoms with Gasteiger partial charge in [-0.2, -0.15) is 0 Å². The van der Waals surface area contributed by atoms with Gasteiger partial charge in [0.1, 0.15) is 0 Å². The maximum absolute atomic E-state index is 11.0. The molecule has 0 fully saturated rings. The van der Waals surface area contributed by atoms with Gasteiger partial charge in [-0.05, 0) is 32.9 Å². The van der Waals surface area contributed by atoms with Crippen LogP contribution < -0.4 is 0 Å². The van der Waals surface area contributed by atoms with Crippen LogP contribution in [-0.2, 0) is 6.54 Å². The van der Waals surface area contributed by atoms with Gasteiger partial charge in [-0.25, -0.2) is 4.79 Å². The highest BCUT2D eigenvalue weighted by atomic mass is 16.4. The first-order chi connectivity index (χ1) is 6.91. The van der Waals surface area contributed by atoms with Crippen molar-refractivity contribution in [2.75, 3.05) is 0 Å². The summed E-state index contributed by atoms with van der Waals surface area (Å²) in [7, 11) is 0. The van der Waals surface area contributed by atoms with Crippen molar-refractivity contribution in [3.8, 4) is 0 Å². The minimum atomic E-state index is -0.923. The summed E-state index contributed by atoms with van der Waals surface area (Å²) in [5.41, 5.74) is 0.346. The average Bonchev–Trinajstić information content (AvgIpc) is 2.13. The van der Waals surface area contributed by atoms with E-state index in [2.05, 4.69) is 4.98 Å². The van der Waals surface area contributed by atoms with Crippen LogP contribution in [-0.4, -0.2) is 26.6 Å². The van der Waals surface area contributed by atoms with E-state index in [-0.39, 0.29) is 0 Å². The summed E-state index contributed by atoms with van der Waals surface area (Å²) >= 11 is 0. The highest BCUT2D eigenvalue weighted by Gasteiger charge is 2.26. The Balaban J connectivity index is 2.82. The molecule has 1 aromatic rings. The van der Waals surface area contributed by atoms with Gasteiger partial charge in [0.25, 0.3) is 0 Å². The first kappa shape index (κ1) is 11.5. The van der Waals surface area contributed by atoms with E-state index in [4.69, 9.17) is 5.11 Å². The molecule has 1 amide bonds. The Morgan fingerprint density at radius 3 is 2.53 bits per heavy atom. The number of nitrogens with zero attached hydrogens (tertiary/aromatic N) is 2. The van der Waals surface area contributed by atoms with E-state index < -0.39 is 11.6 Å². The smallest absolute Gasteiger partial charge is 0.408 e. The third-order valence-electron chi connectivity index (χ3n) is 2.09. The lowest BCUT2D eigenvalue weighted by molar-refractivity contribution is 0.0947. The summed E-state index contributed by atoms with van der Waals surface area (Å²) < 4.78 is 0. The van der Waals surface area contributed by atoms with Crippen molar-refractivity contribution in [3.05, 3.63) is 30.1 Å². The minimum Gasteiger partial charge on any atom is -0.465 e. The fourth-order valence-corrected chi connectivity index (χ4v) is 1.25. The fraction of sp³-hybridized carbons (Fsp3) is 0.455. The number of hydrogen-bond donors (Lipinski definition) is 1. The molecule has 0 bridgehead atoms. The van der Waals surface area contributed by atoms with Crippen molar-refractivity contribution in [2.45, 2.75) is 32.9 Å². The van der Waals surface area contributed by atoms with Gasteiger partial charge in [0, 0.05) is 11.7 Å². The van der Waals surface area contributed by atoms with Crippen LogP contribution >= 0.6 is 0 Å². The molecule has 0 saturated heterocycles. The number of carbonyl (C=O) groups is 1. The third-order valence-corrected chi connectivity index (χ3v) is 2.09. The normalized spacial score (nSPS) is 11.1. The van der Waals surface area contributed by atoms with E-state index >= 15 is 0 Å². The molecule has 4 heteroatoms. The Hall–Kier alpha value is -1.58. The Kier molecular flexibility index (Phi) is 3.29. The largest absolute Gasteiger partial charge is 0.465 e. The van der Waals surface area contributed by atoms with Crippen LogP contribution in [0.4, 0.5) is 4.79 Å². The molecule has 1 rings (SSSR count). The second-order valence-corrected chi connectivity index (χ2v) is 4.36. The predicted octanol–water partition coefficient (Wildman–Crippen LogP) is 2.36. The van der Waals surface area contributed by atoms with Gasteiger partial charge in [-0.1, -0.05) is 6.07 Å². The van der Waals surface area contributed by atoms with E-state index in [1.807, 2.05) is 39.0 Å². The van der Waals surface area contributed by atoms with Crippen molar-refractivity contribution in [1.82, 2.24) is 9.88 Å². The molecule has 0 radical (unpaired) electrons. The highest BCUT2D eigenvalue weighted by Crippen LogP contribution is 2.16. The molecule has 0 aliphatic rings. The Labute approximate surface area is 89.6 Å². The molecular formula is C11H16N2O2. The van der Waals surface area contributed by atoms with Crippen molar-refractivity contribution in [3.63, 3.8) is 0 Å². The Morgan fingerprint density at radius 2 is 2.13 bits per heavy atom. The van der Waals surface area contributed by atoms with Crippen LogP contribution in [0.25, 0.3) is 0 Å². The molecule has 82 valence electrons. The Bertz CT molecular complexity index is 330. The number of carboxylic acid groups (broad SMARTS) is 1. The molecule has 0 spiro atoms. The van der Waals surface area contributed by atoms with Crippen LogP contribution in [0.3, 0.4) is 0 Å². The van der Waals surface area contributed by atoms with Crippen molar-refractivity contribution in [2.24, 2.45) is 0 Å². The third kappa shape index (κ3) is 3.23. The summed E-state index contributed by atoms with van der Waals surface area (Å²) in [6, 6.07) is 5.48. The van der Waals surface area contributed by atoms with E-state index in [1.54, 1.807) is 6.20 Å². The molecule has 0 aliphatic carbocycles. The molecular weight excluding hydrogens is 192 g/mol. The zero-order valence-corrected chi connectivity index (χ0v) is 9.27. The van der Waals surface area contributed by atoms with Gasteiger partial charge in [-0.3, -0.25) is 9.88 Å². The van der Waals surface area contributed by atoms with Crippen LogP contribution in [0.15, 0.2) is 24.4 Å². The first-order valence-electron chi connectivity index (χ1n) is 4.82. The van der Waals surface area contributed by atoms with Gasteiger partial charge >= 0.3 is 6.09 Å². The summed E-state index contributed by atoms with van der Waals surface area (Å²) in [6.45, 7) is 5.91. The van der Waals surface area contributed by atoms with Gasteiger partial charge in [0.05, 0.1) is 12.2 Å². The monoisotopic (exact) mass is 208 g/mol. The fourth-order valence-electron chi connectivity index (χ4n) is 1.25. The van der Waals surface area contributed by atoms with E-state index in [0.717, 1.165) is 5.69 Å². The standard InChI is InChI=1S/C11H16N2O2/c1-11(2,3)13(10(14)15)8-9-6-4-5-7-12-9/h4-7H,8H2,1-3H3,(H,14,15). The lowest BCUT2D eigenvalue weighted by Gasteiger charge is -2.32. The van der Waals surface area contributed by atoms with Crippen molar-refractivity contribution >= 4 is 6.09 Å². The lowest BCUT2D eigenvalue weighted by atomic mass is 10.1. The lowest BCUT2D eigenvalue weighted by Crippen LogP contribution is -2.44. The average molecular weight is 208 g/mol. The molecule has 15 heavy (non-hydrogen) atoms. The molecule has 1 aromatic heterocycles. The summed E-state index contributed by atoms with van der Waals surface area (Å²) in [5.74, 6) is 0. The zero-order valence-electron chi connectivity index (χ0n) is 9.27. The van der Waals surface area contributed by atoms with Crippen molar-refractivity contribution < 1.29 is 9.90 Å². The van der Waals surface area contributed by atoms with Crippen LogP contribution in [0.5, 0.6) is 0 Å². The van der Waals surface area contributed by atoms with Crippen LogP contribution in [0, 0.1) is 0 Å². The van der Waals surface area contributed by atoms with E-state index in [9.17, 15) is 4.79 Å². The molecule has 4 nitrogen and oxygen atoms in total. The molecule has 0 unspecified atom stereocenters. The number of aromatic nitrogens is 1. The summed E-state index contributed by atoms with van der Waals surface area (Å²) in [5, 5.41) is 9.07. The molecule has 0 atom stereocenters. The van der Waals surface area contributed by atoms with Gasteiger partial charge < -0.3 is 5.11 Å². The zero-order chi connectivity index (χ0) is 11.5. The number of rotatable bonds is 2. The number of hydrogen-bond acceptors (Lipinski definition) is 2. The van der Waals surface area contributed by atoms with Crippen molar-refractivity contribution in [1.29, 1.82) is 0 Å². The van der Waals surface area contributed by atoms with E-state index in [0.29, 0.717) is 6.54 Å². The minimum absolute atomic E-state index is 0.319. The van der Waals surface area contributed by atoms with Gasteiger partial charge in [0.2, 0.25) is 0 Å². The Morgan fingerprint density at radius 1 is 1.47 bits per heavy atom. The van der Waals surface area contributed by atoms with Crippen LogP contribution in [0.2, 0.25) is 0 Å². The maximum Gasteiger partial charge on any atom is 0.408 e. The SMILES string of the molecule is CC(C)(C)N(Cc1ccccn1)C(=O)O. The number of pyridine rings is 1. The molecule has 0 saturated carbocycles. The molecule has 1 heterocycles. The number of amides is 1. The van der Waals surface area contributed by atoms with Gasteiger partial charge in [0.15, 0.2) is 0 Å². The first-order valence-corrected chi connectivity index (χ1v) is 4.82. The van der Waals surface area contributed by atoms with E-state index in [1.165, 1.54) is 4.90 Å². The summed E-state index contributed by atoms with van der Waals surface area (Å²) in [4.78, 5) is 16.5. The highest BCUT2D eigenvalue weighted by molar-refractivity contribution is 5.65. The molecule has 0 aliphatic heterocycles. The quantitative estimate of drug-likeness (QED) is 0.811.